The monoisotopic (exact) mass is 463 g/mol. The highest BCUT2D eigenvalue weighted by molar-refractivity contribution is 7.99. The number of nitrogens with zero attached hydrogens (tertiary/aromatic N) is 3. The third kappa shape index (κ3) is 4.82. The van der Waals surface area contributed by atoms with E-state index in [1.54, 1.807) is 6.07 Å². The summed E-state index contributed by atoms with van der Waals surface area (Å²) in [4.78, 5) is 23.8. The molecule has 0 aliphatic heterocycles. The summed E-state index contributed by atoms with van der Waals surface area (Å²) in [5, 5.41) is 12.2. The molecule has 7 nitrogen and oxygen atoms in total. The summed E-state index contributed by atoms with van der Waals surface area (Å²) in [5.74, 6) is -0.0808. The number of carbonyl (C=O) groups excluding carboxylic acids is 2. The Labute approximate surface area is 193 Å². The number of halogens is 1. The number of aromatic nitrogens is 3. The van der Waals surface area contributed by atoms with Gasteiger partial charge in [-0.1, -0.05) is 71.9 Å². The Morgan fingerprint density at radius 3 is 2.31 bits per heavy atom. The van der Waals surface area contributed by atoms with Crippen molar-refractivity contribution in [2.45, 2.75) is 5.16 Å². The van der Waals surface area contributed by atoms with Crippen LogP contribution in [0, 0.1) is 0 Å². The van der Waals surface area contributed by atoms with Gasteiger partial charge < -0.3 is 11.1 Å². The summed E-state index contributed by atoms with van der Waals surface area (Å²) in [6, 6.07) is 24.0. The lowest BCUT2D eigenvalue weighted by Crippen LogP contribution is -2.15. The van der Waals surface area contributed by atoms with E-state index in [4.69, 9.17) is 17.3 Å². The average Bonchev–Trinajstić information content (AvgIpc) is 3.23. The standard InChI is InChI=1S/C23H18ClN5O2S/c24-19-13-16(11-12-18(19)21(25)31)26-20(30)14-32-23-28-27-22(15-7-3-1-4-8-15)29(23)17-9-5-2-6-10-17/h1-13H,14H2,(H2,25,31)(H,26,30). The fourth-order valence-electron chi connectivity index (χ4n) is 3.07. The van der Waals surface area contributed by atoms with Crippen LogP contribution >= 0.6 is 23.4 Å². The van der Waals surface area contributed by atoms with E-state index in [9.17, 15) is 9.59 Å². The first-order valence-electron chi connectivity index (χ1n) is 9.61. The minimum absolute atomic E-state index is 0.106. The zero-order valence-electron chi connectivity index (χ0n) is 16.7. The van der Waals surface area contributed by atoms with Gasteiger partial charge in [0.2, 0.25) is 11.8 Å². The first kappa shape index (κ1) is 21.6. The number of primary amides is 1. The Morgan fingerprint density at radius 2 is 1.66 bits per heavy atom. The second-order valence-electron chi connectivity index (χ2n) is 6.74. The molecule has 2 amide bonds. The van der Waals surface area contributed by atoms with Crippen molar-refractivity contribution in [2.75, 3.05) is 11.1 Å². The highest BCUT2D eigenvalue weighted by Crippen LogP contribution is 2.28. The van der Waals surface area contributed by atoms with E-state index in [1.165, 1.54) is 23.9 Å². The van der Waals surface area contributed by atoms with Crippen LogP contribution in [0.25, 0.3) is 17.1 Å². The Morgan fingerprint density at radius 1 is 0.969 bits per heavy atom. The van der Waals surface area contributed by atoms with Gasteiger partial charge in [0.05, 0.1) is 16.3 Å². The number of para-hydroxylation sites is 1. The highest BCUT2D eigenvalue weighted by Gasteiger charge is 2.17. The van der Waals surface area contributed by atoms with Gasteiger partial charge in [0, 0.05) is 16.9 Å². The lowest BCUT2D eigenvalue weighted by atomic mass is 10.2. The molecular formula is C23H18ClN5O2S. The molecule has 0 saturated carbocycles. The predicted octanol–water partition coefficient (Wildman–Crippen LogP) is 4.42. The van der Waals surface area contributed by atoms with Crippen LogP contribution in [-0.4, -0.2) is 32.3 Å². The lowest BCUT2D eigenvalue weighted by molar-refractivity contribution is -0.113. The fourth-order valence-corrected chi connectivity index (χ4v) is 4.09. The minimum Gasteiger partial charge on any atom is -0.366 e. The van der Waals surface area contributed by atoms with Crippen molar-refractivity contribution in [3.63, 3.8) is 0 Å². The Kier molecular flexibility index (Phi) is 6.53. The number of carbonyl (C=O) groups is 2. The van der Waals surface area contributed by atoms with E-state index >= 15 is 0 Å². The van der Waals surface area contributed by atoms with E-state index in [0.717, 1.165) is 11.3 Å². The van der Waals surface area contributed by atoms with Crippen LogP contribution in [0.3, 0.4) is 0 Å². The summed E-state index contributed by atoms with van der Waals surface area (Å²) in [7, 11) is 0. The molecule has 0 aliphatic carbocycles. The molecule has 3 N–H and O–H groups in total. The first-order chi connectivity index (χ1) is 15.5. The molecule has 0 saturated heterocycles. The van der Waals surface area contributed by atoms with Gasteiger partial charge in [0.15, 0.2) is 11.0 Å². The van der Waals surface area contributed by atoms with Crippen molar-refractivity contribution in [1.82, 2.24) is 14.8 Å². The molecule has 0 aliphatic rings. The third-order valence-electron chi connectivity index (χ3n) is 4.53. The summed E-state index contributed by atoms with van der Waals surface area (Å²) >= 11 is 7.32. The summed E-state index contributed by atoms with van der Waals surface area (Å²) in [6.07, 6.45) is 0. The van der Waals surface area contributed by atoms with Gasteiger partial charge in [0.1, 0.15) is 0 Å². The molecule has 1 heterocycles. The Balaban J connectivity index is 1.53. The lowest BCUT2D eigenvalue weighted by Gasteiger charge is -2.10. The molecular weight excluding hydrogens is 446 g/mol. The highest BCUT2D eigenvalue weighted by atomic mass is 35.5. The summed E-state index contributed by atoms with van der Waals surface area (Å²) < 4.78 is 1.92. The molecule has 1 aromatic heterocycles. The quantitative estimate of drug-likeness (QED) is 0.395. The maximum atomic E-state index is 12.5. The first-order valence-corrected chi connectivity index (χ1v) is 11.0. The van der Waals surface area contributed by atoms with Crippen molar-refractivity contribution >= 4 is 40.9 Å². The molecule has 160 valence electrons. The molecule has 0 atom stereocenters. The number of nitrogens with one attached hydrogen (secondary N) is 1. The Hall–Kier alpha value is -3.62. The van der Waals surface area contributed by atoms with E-state index in [0.29, 0.717) is 16.7 Å². The number of amides is 2. The molecule has 3 aromatic carbocycles. The fraction of sp³-hybridized carbons (Fsp3) is 0.0435. The molecule has 0 unspecified atom stereocenters. The number of anilines is 1. The van der Waals surface area contributed by atoms with Crippen LogP contribution in [0.5, 0.6) is 0 Å². The van der Waals surface area contributed by atoms with Gasteiger partial charge in [-0.25, -0.2) is 0 Å². The van der Waals surface area contributed by atoms with Crippen LogP contribution in [0.1, 0.15) is 10.4 Å². The molecule has 32 heavy (non-hydrogen) atoms. The van der Waals surface area contributed by atoms with Crippen molar-refractivity contribution in [1.29, 1.82) is 0 Å². The summed E-state index contributed by atoms with van der Waals surface area (Å²) in [6.45, 7) is 0. The largest absolute Gasteiger partial charge is 0.366 e. The second-order valence-corrected chi connectivity index (χ2v) is 8.09. The third-order valence-corrected chi connectivity index (χ3v) is 5.77. The molecule has 4 aromatic rings. The van der Waals surface area contributed by atoms with Crippen molar-refractivity contribution in [3.8, 4) is 17.1 Å². The van der Waals surface area contributed by atoms with Gasteiger partial charge in [-0.3, -0.25) is 14.2 Å². The molecule has 9 heteroatoms. The van der Waals surface area contributed by atoms with Gasteiger partial charge in [0.25, 0.3) is 0 Å². The van der Waals surface area contributed by atoms with Crippen LogP contribution in [0.15, 0.2) is 84.0 Å². The number of hydrogen-bond donors (Lipinski definition) is 2. The predicted molar refractivity (Wildman–Crippen MR) is 126 cm³/mol. The smallest absolute Gasteiger partial charge is 0.250 e. The van der Waals surface area contributed by atoms with Crippen LogP contribution in [0.4, 0.5) is 5.69 Å². The van der Waals surface area contributed by atoms with Crippen LogP contribution in [-0.2, 0) is 4.79 Å². The number of thioether (sulfide) groups is 1. The minimum atomic E-state index is -0.627. The molecule has 4 rings (SSSR count). The topological polar surface area (TPSA) is 103 Å². The number of benzene rings is 3. The number of hydrogen-bond acceptors (Lipinski definition) is 5. The number of rotatable bonds is 7. The molecule has 0 spiro atoms. The van der Waals surface area contributed by atoms with E-state index in [2.05, 4.69) is 15.5 Å². The van der Waals surface area contributed by atoms with Gasteiger partial charge in [-0.15, -0.1) is 10.2 Å². The van der Waals surface area contributed by atoms with Crippen molar-refractivity contribution in [3.05, 3.63) is 89.4 Å². The Bertz CT molecular complexity index is 1260. The van der Waals surface area contributed by atoms with Crippen LogP contribution < -0.4 is 11.1 Å². The molecule has 0 fully saturated rings. The summed E-state index contributed by atoms with van der Waals surface area (Å²) in [5.41, 5.74) is 7.74. The van der Waals surface area contributed by atoms with Crippen molar-refractivity contribution in [2.24, 2.45) is 5.73 Å². The normalized spacial score (nSPS) is 10.7. The molecule has 0 radical (unpaired) electrons. The van der Waals surface area contributed by atoms with Gasteiger partial charge in [-0.2, -0.15) is 0 Å². The SMILES string of the molecule is NC(=O)c1ccc(NC(=O)CSc2nnc(-c3ccccc3)n2-c2ccccc2)cc1Cl. The van der Waals surface area contributed by atoms with E-state index < -0.39 is 5.91 Å². The van der Waals surface area contributed by atoms with Gasteiger partial charge >= 0.3 is 0 Å². The zero-order chi connectivity index (χ0) is 22.5. The van der Waals surface area contributed by atoms with E-state index in [-0.39, 0.29) is 22.2 Å². The zero-order valence-corrected chi connectivity index (χ0v) is 18.3. The van der Waals surface area contributed by atoms with E-state index in [1.807, 2.05) is 65.2 Å². The maximum absolute atomic E-state index is 12.5. The second kappa shape index (κ2) is 9.67. The number of nitrogens with two attached hydrogens (primary N) is 1. The van der Waals surface area contributed by atoms with Gasteiger partial charge in [-0.05, 0) is 30.3 Å². The molecule has 0 bridgehead atoms. The average molecular weight is 464 g/mol. The maximum Gasteiger partial charge on any atom is 0.250 e. The van der Waals surface area contributed by atoms with Crippen molar-refractivity contribution < 1.29 is 9.59 Å². The van der Waals surface area contributed by atoms with Crippen LogP contribution in [0.2, 0.25) is 5.02 Å².